The monoisotopic (exact) mass is 208 g/mol. The van der Waals surface area contributed by atoms with E-state index in [4.69, 9.17) is 16.7 Å². The summed E-state index contributed by atoms with van der Waals surface area (Å²) >= 11 is 5.85. The summed E-state index contributed by atoms with van der Waals surface area (Å²) in [5.41, 5.74) is 0.368. The minimum atomic E-state index is -1.17. The summed E-state index contributed by atoms with van der Waals surface area (Å²) in [5.74, 6) is -1.17. The predicted molar refractivity (Wildman–Crippen MR) is 51.5 cm³/mol. The van der Waals surface area contributed by atoms with Gasteiger partial charge in [-0.1, -0.05) is 29.8 Å². The van der Waals surface area contributed by atoms with Crippen LogP contribution in [0, 0.1) is 0 Å². The van der Waals surface area contributed by atoms with Crippen LogP contribution < -0.4 is 0 Å². The Balaban J connectivity index is 2.81. The van der Waals surface area contributed by atoms with E-state index in [0.29, 0.717) is 10.9 Å². The molecule has 2 aromatic rings. The number of aromatic carboxylic acids is 1. The summed E-state index contributed by atoms with van der Waals surface area (Å²) < 4.78 is 0. The summed E-state index contributed by atoms with van der Waals surface area (Å²) in [7, 11) is 0. The third kappa shape index (κ3) is 1.29. The molecule has 0 radical (unpaired) electrons. The molecule has 4 nitrogen and oxygen atoms in total. The Labute approximate surface area is 84.1 Å². The molecule has 0 aliphatic heterocycles. The van der Waals surface area contributed by atoms with Crippen molar-refractivity contribution in [1.82, 2.24) is 10.2 Å². The van der Waals surface area contributed by atoms with E-state index < -0.39 is 5.97 Å². The molecule has 0 atom stereocenters. The number of hydrogen-bond donors (Lipinski definition) is 1. The Kier molecular flexibility index (Phi) is 2.05. The maximum Gasteiger partial charge on any atom is 0.358 e. The van der Waals surface area contributed by atoms with Crippen LogP contribution in [0.2, 0.25) is 5.02 Å². The Morgan fingerprint density at radius 1 is 1.29 bits per heavy atom. The van der Waals surface area contributed by atoms with Crippen LogP contribution in [-0.4, -0.2) is 21.3 Å². The van der Waals surface area contributed by atoms with Crippen molar-refractivity contribution in [1.29, 1.82) is 0 Å². The largest absolute Gasteiger partial charge is 0.476 e. The van der Waals surface area contributed by atoms with E-state index in [1.807, 2.05) is 0 Å². The second kappa shape index (κ2) is 3.23. The lowest BCUT2D eigenvalue weighted by Gasteiger charge is -2.00. The fourth-order valence-corrected chi connectivity index (χ4v) is 1.44. The van der Waals surface area contributed by atoms with Gasteiger partial charge in [0.25, 0.3) is 0 Å². The zero-order chi connectivity index (χ0) is 10.1. The molecule has 1 aromatic heterocycles. The molecule has 0 fully saturated rings. The van der Waals surface area contributed by atoms with Crippen molar-refractivity contribution in [3.8, 4) is 0 Å². The highest BCUT2D eigenvalue weighted by atomic mass is 35.5. The number of nitrogens with zero attached hydrogens (tertiary/aromatic N) is 2. The quantitative estimate of drug-likeness (QED) is 0.779. The SMILES string of the molecule is O=C(O)c1nnc2ccccc2c1Cl. The third-order valence-electron chi connectivity index (χ3n) is 1.81. The summed E-state index contributed by atoms with van der Waals surface area (Å²) in [6, 6.07) is 6.98. The molecule has 14 heavy (non-hydrogen) atoms. The maximum absolute atomic E-state index is 10.7. The summed E-state index contributed by atoms with van der Waals surface area (Å²) in [4.78, 5) is 10.7. The zero-order valence-electron chi connectivity index (χ0n) is 6.94. The number of halogens is 1. The number of benzene rings is 1. The van der Waals surface area contributed by atoms with Crippen LogP contribution in [0.1, 0.15) is 10.5 Å². The molecule has 5 heteroatoms. The van der Waals surface area contributed by atoms with Gasteiger partial charge in [0, 0.05) is 5.39 Å². The molecule has 1 N–H and O–H groups in total. The molecular formula is C9H5ClN2O2. The molecule has 1 heterocycles. The first-order valence-corrected chi connectivity index (χ1v) is 4.22. The highest BCUT2D eigenvalue weighted by molar-refractivity contribution is 6.37. The molecule has 0 saturated heterocycles. The van der Waals surface area contributed by atoms with Gasteiger partial charge in [0.1, 0.15) is 0 Å². The van der Waals surface area contributed by atoms with Crippen molar-refractivity contribution >= 4 is 28.5 Å². The van der Waals surface area contributed by atoms with Crippen molar-refractivity contribution in [3.05, 3.63) is 35.0 Å². The van der Waals surface area contributed by atoms with Crippen LogP contribution in [0.25, 0.3) is 10.9 Å². The van der Waals surface area contributed by atoms with Crippen LogP contribution in [0.5, 0.6) is 0 Å². The number of carboxylic acid groups (broad SMARTS) is 1. The number of rotatable bonds is 1. The van der Waals surface area contributed by atoms with E-state index in [-0.39, 0.29) is 10.7 Å². The van der Waals surface area contributed by atoms with Crippen molar-refractivity contribution in [2.75, 3.05) is 0 Å². The van der Waals surface area contributed by atoms with E-state index >= 15 is 0 Å². The highest BCUT2D eigenvalue weighted by Gasteiger charge is 2.13. The van der Waals surface area contributed by atoms with Crippen molar-refractivity contribution in [3.63, 3.8) is 0 Å². The number of fused-ring (bicyclic) bond motifs is 1. The second-order valence-corrected chi connectivity index (χ2v) is 3.06. The smallest absolute Gasteiger partial charge is 0.358 e. The zero-order valence-corrected chi connectivity index (χ0v) is 7.69. The van der Waals surface area contributed by atoms with Gasteiger partial charge in [0.15, 0.2) is 5.69 Å². The number of carboxylic acids is 1. The Morgan fingerprint density at radius 2 is 2.00 bits per heavy atom. The van der Waals surface area contributed by atoms with Crippen LogP contribution >= 0.6 is 11.6 Å². The maximum atomic E-state index is 10.7. The van der Waals surface area contributed by atoms with Crippen LogP contribution in [0.4, 0.5) is 0 Å². The van der Waals surface area contributed by atoms with Gasteiger partial charge in [0.2, 0.25) is 0 Å². The fourth-order valence-electron chi connectivity index (χ4n) is 1.16. The van der Waals surface area contributed by atoms with E-state index in [1.54, 1.807) is 24.3 Å². The molecular weight excluding hydrogens is 204 g/mol. The van der Waals surface area contributed by atoms with Gasteiger partial charge in [0.05, 0.1) is 10.5 Å². The molecule has 0 saturated carbocycles. The van der Waals surface area contributed by atoms with E-state index in [2.05, 4.69) is 10.2 Å². The number of aromatic nitrogens is 2. The van der Waals surface area contributed by atoms with E-state index in [0.717, 1.165) is 0 Å². The van der Waals surface area contributed by atoms with Gasteiger partial charge in [-0.2, -0.15) is 0 Å². The lowest BCUT2D eigenvalue weighted by atomic mass is 10.2. The highest BCUT2D eigenvalue weighted by Crippen LogP contribution is 2.23. The summed E-state index contributed by atoms with van der Waals surface area (Å²) in [6.07, 6.45) is 0. The normalized spacial score (nSPS) is 10.4. The topological polar surface area (TPSA) is 63.1 Å². The van der Waals surface area contributed by atoms with Crippen molar-refractivity contribution < 1.29 is 9.90 Å². The average Bonchev–Trinajstić information content (AvgIpc) is 2.18. The lowest BCUT2D eigenvalue weighted by molar-refractivity contribution is 0.0689. The second-order valence-electron chi connectivity index (χ2n) is 2.68. The molecule has 0 unspecified atom stereocenters. The van der Waals surface area contributed by atoms with Gasteiger partial charge in [-0.3, -0.25) is 0 Å². The molecule has 70 valence electrons. The molecule has 1 aromatic carbocycles. The molecule has 2 rings (SSSR count). The van der Waals surface area contributed by atoms with Crippen LogP contribution in [-0.2, 0) is 0 Å². The summed E-state index contributed by atoms with van der Waals surface area (Å²) in [5, 5.41) is 16.7. The first-order valence-electron chi connectivity index (χ1n) is 3.84. The van der Waals surface area contributed by atoms with Crippen LogP contribution in [0.15, 0.2) is 24.3 Å². The van der Waals surface area contributed by atoms with Crippen molar-refractivity contribution in [2.45, 2.75) is 0 Å². The minimum absolute atomic E-state index is 0.128. The van der Waals surface area contributed by atoms with E-state index in [1.165, 1.54) is 0 Å². The lowest BCUT2D eigenvalue weighted by Crippen LogP contribution is -2.03. The molecule has 0 aliphatic rings. The van der Waals surface area contributed by atoms with Crippen molar-refractivity contribution in [2.24, 2.45) is 0 Å². The standard InChI is InChI=1S/C9H5ClN2O2/c10-7-5-3-1-2-4-6(5)11-12-8(7)9(13)14/h1-4H,(H,13,14). The Bertz CT molecular complexity index is 513. The van der Waals surface area contributed by atoms with Gasteiger partial charge in [-0.25, -0.2) is 4.79 Å². The number of carbonyl (C=O) groups is 1. The first kappa shape index (κ1) is 8.90. The molecule has 0 spiro atoms. The van der Waals surface area contributed by atoms with Crippen LogP contribution in [0.3, 0.4) is 0 Å². The van der Waals surface area contributed by atoms with Gasteiger partial charge in [-0.15, -0.1) is 10.2 Å². The minimum Gasteiger partial charge on any atom is -0.476 e. The predicted octanol–water partition coefficient (Wildman–Crippen LogP) is 1.98. The van der Waals surface area contributed by atoms with Gasteiger partial charge >= 0.3 is 5.97 Å². The van der Waals surface area contributed by atoms with Gasteiger partial charge < -0.3 is 5.11 Å². The number of hydrogen-bond acceptors (Lipinski definition) is 3. The third-order valence-corrected chi connectivity index (χ3v) is 2.19. The fraction of sp³-hybridized carbons (Fsp3) is 0. The Hall–Kier alpha value is -1.68. The molecule has 0 amide bonds. The molecule has 0 bridgehead atoms. The first-order chi connectivity index (χ1) is 6.70. The Morgan fingerprint density at radius 3 is 2.71 bits per heavy atom. The van der Waals surface area contributed by atoms with E-state index in [9.17, 15) is 4.79 Å². The average molecular weight is 209 g/mol. The van der Waals surface area contributed by atoms with Gasteiger partial charge in [-0.05, 0) is 6.07 Å². The molecule has 0 aliphatic carbocycles. The summed E-state index contributed by atoms with van der Waals surface area (Å²) in [6.45, 7) is 0.